The monoisotopic (exact) mass is 218 g/mol. The highest BCUT2D eigenvalue weighted by Gasteiger charge is 2.39. The lowest BCUT2D eigenvalue weighted by molar-refractivity contribution is 0.146. The van der Waals surface area contributed by atoms with Crippen LogP contribution in [0.1, 0.15) is 26.2 Å². The molecular formula is C10H18OS2. The molecular weight excluding hydrogens is 200 g/mol. The molecule has 1 heterocycles. The van der Waals surface area contributed by atoms with Gasteiger partial charge in [-0.15, -0.1) is 0 Å². The molecule has 0 amide bonds. The second-order valence-electron chi connectivity index (χ2n) is 3.98. The van der Waals surface area contributed by atoms with E-state index in [1.54, 1.807) is 0 Å². The Hall–Kier alpha value is 0.660. The summed E-state index contributed by atoms with van der Waals surface area (Å²) in [6.45, 7) is 2.25. The molecule has 1 aliphatic heterocycles. The van der Waals surface area contributed by atoms with E-state index in [2.05, 4.69) is 18.7 Å². The minimum absolute atomic E-state index is 0.0113. The lowest BCUT2D eigenvalue weighted by Gasteiger charge is -2.33. The number of hydrogen-bond donors (Lipinski definition) is 1. The van der Waals surface area contributed by atoms with Gasteiger partial charge in [-0.05, 0) is 25.2 Å². The number of hydrogen-bond acceptors (Lipinski definition) is 3. The summed E-state index contributed by atoms with van der Waals surface area (Å²) in [5.74, 6) is 3.15. The summed E-state index contributed by atoms with van der Waals surface area (Å²) in [6.07, 6.45) is 3.73. The molecule has 1 aliphatic carbocycles. The van der Waals surface area contributed by atoms with Gasteiger partial charge in [-0.2, -0.15) is 23.5 Å². The summed E-state index contributed by atoms with van der Waals surface area (Å²) >= 11 is 4.07. The minimum Gasteiger partial charge on any atom is -0.392 e. The van der Waals surface area contributed by atoms with Crippen molar-refractivity contribution in [2.24, 2.45) is 5.92 Å². The molecule has 0 bridgehead atoms. The van der Waals surface area contributed by atoms with Crippen molar-refractivity contribution >= 4 is 23.5 Å². The first kappa shape index (κ1) is 10.2. The van der Waals surface area contributed by atoms with Crippen molar-refractivity contribution in [1.82, 2.24) is 0 Å². The van der Waals surface area contributed by atoms with Gasteiger partial charge in [0.1, 0.15) is 0 Å². The van der Waals surface area contributed by atoms with Gasteiger partial charge in [0.2, 0.25) is 0 Å². The highest BCUT2D eigenvalue weighted by Crippen LogP contribution is 2.43. The van der Waals surface area contributed by atoms with Gasteiger partial charge in [-0.3, -0.25) is 0 Å². The van der Waals surface area contributed by atoms with Crippen LogP contribution in [0.2, 0.25) is 0 Å². The van der Waals surface area contributed by atoms with Crippen molar-refractivity contribution in [3.05, 3.63) is 0 Å². The second-order valence-corrected chi connectivity index (χ2v) is 6.61. The van der Waals surface area contributed by atoms with E-state index in [1.807, 2.05) is 11.8 Å². The van der Waals surface area contributed by atoms with Crippen LogP contribution in [0.5, 0.6) is 0 Å². The molecule has 1 saturated carbocycles. The van der Waals surface area contributed by atoms with E-state index < -0.39 is 0 Å². The van der Waals surface area contributed by atoms with E-state index in [1.165, 1.54) is 30.8 Å². The van der Waals surface area contributed by atoms with Crippen molar-refractivity contribution in [2.45, 2.75) is 42.8 Å². The fraction of sp³-hybridized carbons (Fsp3) is 1.00. The minimum atomic E-state index is -0.0113. The van der Waals surface area contributed by atoms with E-state index in [-0.39, 0.29) is 6.10 Å². The van der Waals surface area contributed by atoms with Crippen LogP contribution in [0, 0.1) is 5.92 Å². The molecule has 0 aromatic rings. The summed E-state index contributed by atoms with van der Waals surface area (Å²) in [7, 11) is 0. The average Bonchev–Trinajstić information content (AvgIpc) is 3.00. The second kappa shape index (κ2) is 4.45. The largest absolute Gasteiger partial charge is 0.392 e. The standard InChI is InChI=1S/C10H18OS2/c1-2-8-10(13-6-5-12-8)9(11)7-3-4-7/h7-11H,2-6H2,1H3. The van der Waals surface area contributed by atoms with Gasteiger partial charge in [-0.1, -0.05) is 6.92 Å². The van der Waals surface area contributed by atoms with Gasteiger partial charge in [-0.25, -0.2) is 0 Å². The number of aliphatic hydroxyl groups is 1. The molecule has 0 spiro atoms. The molecule has 2 fully saturated rings. The first-order chi connectivity index (χ1) is 6.33. The van der Waals surface area contributed by atoms with Gasteiger partial charge in [0.25, 0.3) is 0 Å². The van der Waals surface area contributed by atoms with Crippen LogP contribution in [0.25, 0.3) is 0 Å². The van der Waals surface area contributed by atoms with Crippen molar-refractivity contribution in [3.63, 3.8) is 0 Å². The van der Waals surface area contributed by atoms with Gasteiger partial charge in [0.15, 0.2) is 0 Å². The van der Waals surface area contributed by atoms with Crippen LogP contribution in [0.4, 0.5) is 0 Å². The molecule has 3 atom stereocenters. The van der Waals surface area contributed by atoms with Crippen LogP contribution in [-0.4, -0.2) is 33.2 Å². The summed E-state index contributed by atoms with van der Waals surface area (Å²) in [4.78, 5) is 0. The Labute approximate surface area is 89.1 Å². The van der Waals surface area contributed by atoms with E-state index in [0.29, 0.717) is 16.4 Å². The molecule has 76 valence electrons. The topological polar surface area (TPSA) is 20.2 Å². The van der Waals surface area contributed by atoms with Crippen molar-refractivity contribution in [3.8, 4) is 0 Å². The van der Waals surface area contributed by atoms with E-state index in [0.717, 1.165) is 0 Å². The van der Waals surface area contributed by atoms with E-state index >= 15 is 0 Å². The highest BCUT2D eigenvalue weighted by molar-refractivity contribution is 8.07. The zero-order chi connectivity index (χ0) is 9.26. The number of aliphatic hydroxyl groups excluding tert-OH is 1. The highest BCUT2D eigenvalue weighted by atomic mass is 32.2. The lowest BCUT2D eigenvalue weighted by Crippen LogP contribution is -2.37. The molecule has 1 saturated heterocycles. The van der Waals surface area contributed by atoms with Gasteiger partial charge < -0.3 is 5.11 Å². The molecule has 3 unspecified atom stereocenters. The predicted octanol–water partition coefficient (Wildman–Crippen LogP) is 2.38. The smallest absolute Gasteiger partial charge is 0.0697 e. The van der Waals surface area contributed by atoms with Crippen LogP contribution in [-0.2, 0) is 0 Å². The Kier molecular flexibility index (Phi) is 3.49. The van der Waals surface area contributed by atoms with E-state index in [4.69, 9.17) is 0 Å². The Morgan fingerprint density at radius 2 is 2.00 bits per heavy atom. The third kappa shape index (κ3) is 2.37. The molecule has 3 heteroatoms. The molecule has 2 aliphatic rings. The summed E-state index contributed by atoms with van der Waals surface area (Å²) in [6, 6.07) is 0. The third-order valence-electron chi connectivity index (χ3n) is 2.94. The fourth-order valence-electron chi connectivity index (χ4n) is 1.96. The first-order valence-corrected chi connectivity index (χ1v) is 7.34. The van der Waals surface area contributed by atoms with Gasteiger partial charge in [0, 0.05) is 22.0 Å². The van der Waals surface area contributed by atoms with Crippen LogP contribution < -0.4 is 0 Å². The Bertz CT molecular complexity index is 168. The first-order valence-electron chi connectivity index (χ1n) is 5.24. The van der Waals surface area contributed by atoms with Gasteiger partial charge in [0.05, 0.1) is 6.10 Å². The van der Waals surface area contributed by atoms with Gasteiger partial charge >= 0.3 is 0 Å². The SMILES string of the molecule is CCC1SCCSC1C(O)C1CC1. The number of rotatable bonds is 3. The average molecular weight is 218 g/mol. The maximum atomic E-state index is 10.1. The Balaban J connectivity index is 1.92. The predicted molar refractivity (Wildman–Crippen MR) is 61.5 cm³/mol. The van der Waals surface area contributed by atoms with Crippen LogP contribution >= 0.6 is 23.5 Å². The van der Waals surface area contributed by atoms with Crippen molar-refractivity contribution in [1.29, 1.82) is 0 Å². The summed E-state index contributed by atoms with van der Waals surface area (Å²) in [5.41, 5.74) is 0. The zero-order valence-corrected chi connectivity index (χ0v) is 9.74. The molecule has 1 N–H and O–H groups in total. The molecule has 0 aromatic carbocycles. The van der Waals surface area contributed by atoms with E-state index in [9.17, 15) is 5.11 Å². The number of thioether (sulfide) groups is 2. The lowest BCUT2D eigenvalue weighted by atomic mass is 10.1. The van der Waals surface area contributed by atoms with Crippen LogP contribution in [0.3, 0.4) is 0 Å². The zero-order valence-electron chi connectivity index (χ0n) is 8.11. The summed E-state index contributed by atoms with van der Waals surface area (Å²) in [5, 5.41) is 11.3. The molecule has 1 nitrogen and oxygen atoms in total. The van der Waals surface area contributed by atoms with Crippen molar-refractivity contribution in [2.75, 3.05) is 11.5 Å². The Morgan fingerprint density at radius 3 is 2.62 bits per heavy atom. The maximum Gasteiger partial charge on any atom is 0.0697 e. The molecule has 2 rings (SSSR count). The van der Waals surface area contributed by atoms with Crippen molar-refractivity contribution < 1.29 is 5.11 Å². The normalized spacial score (nSPS) is 37.4. The quantitative estimate of drug-likeness (QED) is 0.785. The maximum absolute atomic E-state index is 10.1. The summed E-state index contributed by atoms with van der Waals surface area (Å²) < 4.78 is 0. The molecule has 13 heavy (non-hydrogen) atoms. The molecule has 0 aromatic heterocycles. The molecule has 0 radical (unpaired) electrons. The fourth-order valence-corrected chi connectivity index (χ4v) is 5.19. The van der Waals surface area contributed by atoms with Crippen LogP contribution in [0.15, 0.2) is 0 Å². The third-order valence-corrected chi connectivity index (χ3v) is 6.29. The Morgan fingerprint density at radius 1 is 1.31 bits per heavy atom.